The lowest BCUT2D eigenvalue weighted by molar-refractivity contribution is -0.116. The van der Waals surface area contributed by atoms with Gasteiger partial charge in [0.2, 0.25) is 11.7 Å². The van der Waals surface area contributed by atoms with Crippen LogP contribution in [0.2, 0.25) is 0 Å². The number of benzene rings is 1. The third-order valence-corrected chi connectivity index (χ3v) is 4.60. The lowest BCUT2D eigenvalue weighted by atomic mass is 10.1. The standard InChI is InChI=1S/C24H28N6O4/c1-16-28-21(15-22(29-16)30-20-7-5-6-10-25-20)26-11-12-27-23(31)9-8-17-13-18(32-2)24(34-4)19(14-17)33-3/h5-10,13-15H,11-12H2,1-4H3,(H,27,31)(H2,25,26,28,29,30)/b9-8+. The van der Waals surface area contributed by atoms with Crippen LogP contribution in [0.15, 0.2) is 48.7 Å². The van der Waals surface area contributed by atoms with Crippen molar-refractivity contribution in [1.29, 1.82) is 0 Å². The maximum atomic E-state index is 12.2. The summed E-state index contributed by atoms with van der Waals surface area (Å²) >= 11 is 0. The van der Waals surface area contributed by atoms with Crippen LogP contribution in [-0.2, 0) is 4.79 Å². The number of carbonyl (C=O) groups is 1. The number of nitrogens with zero attached hydrogens (tertiary/aromatic N) is 3. The molecule has 3 rings (SSSR count). The van der Waals surface area contributed by atoms with Gasteiger partial charge in [-0.05, 0) is 42.8 Å². The topological polar surface area (TPSA) is 120 Å². The quantitative estimate of drug-likeness (QED) is 0.290. The van der Waals surface area contributed by atoms with E-state index in [1.54, 1.807) is 44.7 Å². The maximum absolute atomic E-state index is 12.2. The zero-order valence-electron chi connectivity index (χ0n) is 19.6. The van der Waals surface area contributed by atoms with Gasteiger partial charge >= 0.3 is 0 Å². The van der Waals surface area contributed by atoms with Crippen molar-refractivity contribution in [3.8, 4) is 17.2 Å². The molecule has 0 saturated heterocycles. The van der Waals surface area contributed by atoms with E-state index in [-0.39, 0.29) is 5.91 Å². The molecule has 1 amide bonds. The molecule has 0 aliphatic heterocycles. The Morgan fingerprint density at radius 2 is 1.68 bits per heavy atom. The van der Waals surface area contributed by atoms with Gasteiger partial charge in [0.1, 0.15) is 23.3 Å². The number of nitrogens with one attached hydrogen (secondary N) is 3. The molecule has 0 radical (unpaired) electrons. The molecule has 34 heavy (non-hydrogen) atoms. The highest BCUT2D eigenvalue weighted by atomic mass is 16.5. The zero-order valence-corrected chi connectivity index (χ0v) is 19.6. The van der Waals surface area contributed by atoms with Gasteiger partial charge in [-0.15, -0.1) is 0 Å². The van der Waals surface area contributed by atoms with Crippen LogP contribution in [0.1, 0.15) is 11.4 Å². The van der Waals surface area contributed by atoms with Crippen molar-refractivity contribution in [2.24, 2.45) is 0 Å². The van der Waals surface area contributed by atoms with Crippen molar-refractivity contribution in [3.05, 3.63) is 60.1 Å². The number of hydrogen-bond donors (Lipinski definition) is 3. The molecule has 10 nitrogen and oxygen atoms in total. The van der Waals surface area contributed by atoms with E-state index in [4.69, 9.17) is 14.2 Å². The molecule has 2 aromatic heterocycles. The summed E-state index contributed by atoms with van der Waals surface area (Å²) in [7, 11) is 4.63. The van der Waals surface area contributed by atoms with Gasteiger partial charge in [-0.3, -0.25) is 4.79 Å². The monoisotopic (exact) mass is 464 g/mol. The molecule has 0 spiro atoms. The van der Waals surface area contributed by atoms with Gasteiger partial charge in [0.15, 0.2) is 11.5 Å². The summed E-state index contributed by atoms with van der Waals surface area (Å²) in [6.45, 7) is 2.71. The number of methoxy groups -OCH3 is 3. The number of hydrogen-bond acceptors (Lipinski definition) is 9. The van der Waals surface area contributed by atoms with Crippen molar-refractivity contribution in [1.82, 2.24) is 20.3 Å². The Labute approximate surface area is 198 Å². The second-order valence-corrected chi connectivity index (χ2v) is 7.04. The Morgan fingerprint density at radius 1 is 0.941 bits per heavy atom. The molecular weight excluding hydrogens is 436 g/mol. The van der Waals surface area contributed by atoms with Gasteiger partial charge in [0.25, 0.3) is 0 Å². The number of pyridine rings is 1. The fourth-order valence-electron chi connectivity index (χ4n) is 3.09. The minimum atomic E-state index is -0.230. The normalized spacial score (nSPS) is 10.6. The molecule has 0 aliphatic rings. The fourth-order valence-corrected chi connectivity index (χ4v) is 3.09. The number of rotatable bonds is 11. The van der Waals surface area contributed by atoms with E-state index >= 15 is 0 Å². The lowest BCUT2D eigenvalue weighted by Crippen LogP contribution is -2.27. The van der Waals surface area contributed by atoms with E-state index in [0.29, 0.717) is 53.6 Å². The number of ether oxygens (including phenoxy) is 3. The Kier molecular flexibility index (Phi) is 8.61. The SMILES string of the molecule is COc1cc(/C=C/C(=O)NCCNc2cc(Nc3ccccn3)nc(C)n2)cc(OC)c1OC. The predicted molar refractivity (Wildman–Crippen MR) is 131 cm³/mol. The molecule has 0 fully saturated rings. The van der Waals surface area contributed by atoms with E-state index in [1.165, 1.54) is 13.2 Å². The number of aromatic nitrogens is 3. The van der Waals surface area contributed by atoms with Crippen molar-refractivity contribution < 1.29 is 19.0 Å². The third kappa shape index (κ3) is 6.83. The lowest BCUT2D eigenvalue weighted by Gasteiger charge is -2.12. The number of anilines is 3. The first-order valence-electron chi connectivity index (χ1n) is 10.6. The number of carbonyl (C=O) groups excluding carboxylic acids is 1. The van der Waals surface area contributed by atoms with Crippen LogP contribution in [-0.4, -0.2) is 55.3 Å². The summed E-state index contributed by atoms with van der Waals surface area (Å²) in [5.74, 6) is 3.88. The molecule has 2 heterocycles. The molecular formula is C24H28N6O4. The highest BCUT2D eigenvalue weighted by Gasteiger charge is 2.12. The summed E-state index contributed by atoms with van der Waals surface area (Å²) in [6.07, 6.45) is 4.83. The highest BCUT2D eigenvalue weighted by molar-refractivity contribution is 5.91. The van der Waals surface area contributed by atoms with E-state index in [9.17, 15) is 4.79 Å². The number of amides is 1. The van der Waals surface area contributed by atoms with Crippen molar-refractivity contribution in [2.75, 3.05) is 45.1 Å². The highest BCUT2D eigenvalue weighted by Crippen LogP contribution is 2.38. The minimum Gasteiger partial charge on any atom is -0.493 e. The van der Waals surface area contributed by atoms with Gasteiger partial charge in [0.05, 0.1) is 21.3 Å². The molecule has 3 N–H and O–H groups in total. The Hall–Kier alpha value is -4.34. The molecule has 0 saturated carbocycles. The molecule has 0 unspecified atom stereocenters. The summed E-state index contributed by atoms with van der Waals surface area (Å²) in [5, 5.41) is 9.16. The van der Waals surface area contributed by atoms with Crippen LogP contribution in [0.4, 0.5) is 17.5 Å². The summed E-state index contributed by atoms with van der Waals surface area (Å²) < 4.78 is 16.0. The minimum absolute atomic E-state index is 0.230. The van der Waals surface area contributed by atoms with E-state index in [2.05, 4.69) is 30.9 Å². The van der Waals surface area contributed by atoms with Crippen LogP contribution in [0.25, 0.3) is 6.08 Å². The summed E-state index contributed by atoms with van der Waals surface area (Å²) in [4.78, 5) is 25.2. The fraction of sp³-hybridized carbons (Fsp3) is 0.250. The van der Waals surface area contributed by atoms with Crippen LogP contribution < -0.4 is 30.2 Å². The van der Waals surface area contributed by atoms with Crippen LogP contribution in [0.3, 0.4) is 0 Å². The zero-order chi connectivity index (χ0) is 24.3. The Bertz CT molecular complexity index is 1110. The van der Waals surface area contributed by atoms with E-state index < -0.39 is 0 Å². The average Bonchev–Trinajstić information content (AvgIpc) is 2.85. The maximum Gasteiger partial charge on any atom is 0.244 e. The van der Waals surface area contributed by atoms with E-state index in [0.717, 1.165) is 5.56 Å². The predicted octanol–water partition coefficient (Wildman–Crippen LogP) is 3.19. The Balaban J connectivity index is 1.51. The molecule has 10 heteroatoms. The molecule has 1 aromatic carbocycles. The first-order valence-corrected chi connectivity index (χ1v) is 10.6. The van der Waals surface area contributed by atoms with Gasteiger partial charge in [-0.25, -0.2) is 15.0 Å². The smallest absolute Gasteiger partial charge is 0.244 e. The Morgan fingerprint density at radius 3 is 2.32 bits per heavy atom. The van der Waals surface area contributed by atoms with Gasteiger partial charge < -0.3 is 30.2 Å². The van der Waals surface area contributed by atoms with Crippen molar-refractivity contribution in [2.45, 2.75) is 6.92 Å². The molecule has 178 valence electrons. The third-order valence-electron chi connectivity index (χ3n) is 4.60. The molecule has 0 aliphatic carbocycles. The average molecular weight is 465 g/mol. The van der Waals surface area contributed by atoms with Crippen molar-refractivity contribution in [3.63, 3.8) is 0 Å². The van der Waals surface area contributed by atoms with Crippen LogP contribution in [0, 0.1) is 6.92 Å². The second-order valence-electron chi connectivity index (χ2n) is 7.04. The van der Waals surface area contributed by atoms with Crippen LogP contribution >= 0.6 is 0 Å². The van der Waals surface area contributed by atoms with Gasteiger partial charge in [0, 0.05) is 31.4 Å². The molecule has 0 bridgehead atoms. The van der Waals surface area contributed by atoms with Crippen molar-refractivity contribution >= 4 is 29.4 Å². The summed E-state index contributed by atoms with van der Waals surface area (Å²) in [5.41, 5.74) is 0.743. The van der Waals surface area contributed by atoms with Gasteiger partial charge in [-0.2, -0.15) is 0 Å². The first kappa shape index (κ1) is 24.3. The molecule has 3 aromatic rings. The van der Waals surface area contributed by atoms with Gasteiger partial charge in [-0.1, -0.05) is 6.07 Å². The largest absolute Gasteiger partial charge is 0.493 e. The number of aryl methyl sites for hydroxylation is 1. The first-order chi connectivity index (χ1) is 16.5. The molecule has 0 atom stereocenters. The summed E-state index contributed by atoms with van der Waals surface area (Å²) in [6, 6.07) is 10.9. The van der Waals surface area contributed by atoms with E-state index in [1.807, 2.05) is 25.1 Å². The van der Waals surface area contributed by atoms with Crippen LogP contribution in [0.5, 0.6) is 17.2 Å². The second kappa shape index (κ2) is 12.0.